The Hall–Kier alpha value is -4.16. The van der Waals surface area contributed by atoms with Crippen LogP contribution in [-0.4, -0.2) is 136 Å². The molecule has 4 amide bonds. The number of piperazine rings is 1. The average Bonchev–Trinajstić information content (AvgIpc) is 3.88. The van der Waals surface area contributed by atoms with Crippen LogP contribution >= 0.6 is 0 Å². The number of rotatable bonds is 8. The van der Waals surface area contributed by atoms with Gasteiger partial charge in [-0.25, -0.2) is 9.59 Å². The zero-order valence-corrected chi connectivity index (χ0v) is 29.0. The molecule has 1 atom stereocenters. The number of nitrogens with zero attached hydrogens (tertiary/aromatic N) is 6. The van der Waals surface area contributed by atoms with Crippen molar-refractivity contribution < 1.29 is 19.1 Å². The molecule has 2 aromatic carbocycles. The molecule has 3 aromatic rings. The standard InChI is InChI=1S/C38H50N8O4/c47-36(44-14-10-31(11-15-44)43-21-19-42(20-22-43)26-27-5-6-27)35(24-28-7-8-34-30(23-28)25-39-41-34)50-38(49)45-16-12-32(13-17-45)46-18-9-29-3-1-2-4-33(29)40-37(46)48/h1-4,7-8,23,25,27,31-32,35H,5-6,9-22,24,26H2,(H,39,41)(H,40,48). The van der Waals surface area contributed by atoms with Crippen LogP contribution in [0.2, 0.25) is 0 Å². The predicted molar refractivity (Wildman–Crippen MR) is 191 cm³/mol. The van der Waals surface area contributed by atoms with Crippen LogP contribution in [-0.2, 0) is 22.4 Å². The molecule has 1 unspecified atom stereocenters. The molecule has 5 aliphatic rings. The number of H-pyrrole nitrogens is 1. The largest absolute Gasteiger partial charge is 0.436 e. The first-order chi connectivity index (χ1) is 24.5. The van der Waals surface area contributed by atoms with Gasteiger partial charge in [0.25, 0.3) is 5.91 Å². The van der Waals surface area contributed by atoms with Crippen molar-refractivity contribution in [1.29, 1.82) is 0 Å². The summed E-state index contributed by atoms with van der Waals surface area (Å²) in [5, 5.41) is 11.1. The molecular weight excluding hydrogens is 632 g/mol. The normalized spacial score (nSPS) is 22.2. The predicted octanol–water partition coefficient (Wildman–Crippen LogP) is 4.18. The van der Waals surface area contributed by atoms with E-state index in [4.69, 9.17) is 4.74 Å². The number of anilines is 1. The molecule has 4 aliphatic heterocycles. The maximum atomic E-state index is 14.1. The summed E-state index contributed by atoms with van der Waals surface area (Å²) in [7, 11) is 0. The van der Waals surface area contributed by atoms with Gasteiger partial charge in [0, 0.05) is 95.0 Å². The van der Waals surface area contributed by atoms with E-state index in [9.17, 15) is 14.4 Å². The summed E-state index contributed by atoms with van der Waals surface area (Å²) < 4.78 is 6.12. The first-order valence-corrected chi connectivity index (χ1v) is 18.7. The summed E-state index contributed by atoms with van der Waals surface area (Å²) in [6, 6.07) is 14.3. The molecule has 12 nitrogen and oxygen atoms in total. The lowest BCUT2D eigenvalue weighted by Crippen LogP contribution is -2.55. The quantitative estimate of drug-likeness (QED) is 0.366. The van der Waals surface area contributed by atoms with E-state index in [1.165, 1.54) is 19.4 Å². The minimum Gasteiger partial charge on any atom is -0.436 e. The van der Waals surface area contributed by atoms with Crippen LogP contribution in [0.5, 0.6) is 0 Å². The van der Waals surface area contributed by atoms with Crippen molar-refractivity contribution in [3.63, 3.8) is 0 Å². The molecule has 0 spiro atoms. The SMILES string of the molecule is O=C(OC(Cc1ccc2[nH]ncc2c1)C(=O)N1CCC(N2CCN(CC3CC3)CC2)CC1)N1CCC(N2CCc3ccccc3NC2=O)CC1. The first kappa shape index (κ1) is 33.0. The number of carbonyl (C=O) groups is 3. The lowest BCUT2D eigenvalue weighted by Gasteiger charge is -2.43. The maximum absolute atomic E-state index is 14.1. The zero-order chi connectivity index (χ0) is 34.0. The monoisotopic (exact) mass is 682 g/mol. The Kier molecular flexibility index (Phi) is 9.64. The topological polar surface area (TPSA) is 117 Å². The number of para-hydroxylation sites is 1. The summed E-state index contributed by atoms with van der Waals surface area (Å²) in [6.07, 6.45) is 7.50. The Morgan fingerprint density at radius 1 is 0.840 bits per heavy atom. The van der Waals surface area contributed by atoms with E-state index in [1.54, 1.807) is 11.1 Å². The summed E-state index contributed by atoms with van der Waals surface area (Å²) in [5.74, 6) is 0.812. The molecule has 8 rings (SSSR count). The zero-order valence-electron chi connectivity index (χ0n) is 29.0. The molecule has 1 aliphatic carbocycles. The number of amides is 4. The van der Waals surface area contributed by atoms with Crippen LogP contribution in [0.4, 0.5) is 15.3 Å². The van der Waals surface area contributed by atoms with Gasteiger partial charge in [-0.2, -0.15) is 5.10 Å². The van der Waals surface area contributed by atoms with Gasteiger partial charge in [-0.1, -0.05) is 24.3 Å². The van der Waals surface area contributed by atoms with Gasteiger partial charge in [-0.15, -0.1) is 0 Å². The van der Waals surface area contributed by atoms with Gasteiger partial charge >= 0.3 is 12.1 Å². The molecule has 3 saturated heterocycles. The number of urea groups is 1. The number of nitrogens with one attached hydrogen (secondary N) is 2. The molecule has 4 fully saturated rings. The van der Waals surface area contributed by atoms with Crippen LogP contribution in [0.3, 0.4) is 0 Å². The van der Waals surface area contributed by atoms with Gasteiger partial charge in [-0.05, 0) is 80.2 Å². The lowest BCUT2D eigenvalue weighted by molar-refractivity contribution is -0.142. The van der Waals surface area contributed by atoms with E-state index in [-0.39, 0.29) is 18.0 Å². The number of aromatic amines is 1. The fourth-order valence-electron chi connectivity index (χ4n) is 8.44. The summed E-state index contributed by atoms with van der Waals surface area (Å²) in [4.78, 5) is 51.7. The summed E-state index contributed by atoms with van der Waals surface area (Å²) in [6.45, 7) is 8.70. The minimum atomic E-state index is -0.915. The molecule has 0 bridgehead atoms. The van der Waals surface area contributed by atoms with Crippen molar-refractivity contribution in [3.8, 4) is 0 Å². The van der Waals surface area contributed by atoms with Crippen LogP contribution < -0.4 is 5.32 Å². The second-order valence-electron chi connectivity index (χ2n) is 15.0. The van der Waals surface area contributed by atoms with Gasteiger partial charge in [0.1, 0.15) is 0 Å². The van der Waals surface area contributed by atoms with E-state index in [0.29, 0.717) is 58.0 Å². The number of aromatic nitrogens is 2. The first-order valence-electron chi connectivity index (χ1n) is 18.7. The van der Waals surface area contributed by atoms with Gasteiger partial charge in [0.05, 0.1) is 11.7 Å². The van der Waals surface area contributed by atoms with Gasteiger partial charge < -0.3 is 29.7 Å². The molecule has 1 saturated carbocycles. The second-order valence-corrected chi connectivity index (χ2v) is 15.0. The number of carbonyl (C=O) groups excluding carboxylic acids is 3. The Morgan fingerprint density at radius 3 is 2.36 bits per heavy atom. The minimum absolute atomic E-state index is 0.0370. The third kappa shape index (κ3) is 7.46. The van der Waals surface area contributed by atoms with E-state index >= 15 is 0 Å². The molecule has 50 heavy (non-hydrogen) atoms. The van der Waals surface area contributed by atoms with Gasteiger partial charge in [-0.3, -0.25) is 14.8 Å². The van der Waals surface area contributed by atoms with Crippen molar-refractivity contribution in [2.75, 3.05) is 70.8 Å². The maximum Gasteiger partial charge on any atom is 0.410 e. The number of hydrogen-bond donors (Lipinski definition) is 2. The van der Waals surface area contributed by atoms with Crippen LogP contribution in [0.15, 0.2) is 48.7 Å². The molecule has 266 valence electrons. The average molecular weight is 683 g/mol. The lowest BCUT2D eigenvalue weighted by atomic mass is 10.00. The van der Waals surface area contributed by atoms with Crippen LogP contribution in [0, 0.1) is 5.92 Å². The Morgan fingerprint density at radius 2 is 1.58 bits per heavy atom. The summed E-state index contributed by atoms with van der Waals surface area (Å²) in [5.41, 5.74) is 3.86. The van der Waals surface area contributed by atoms with Crippen LogP contribution in [0.1, 0.15) is 49.7 Å². The molecule has 0 radical (unpaired) electrons. The molecular formula is C38H50N8O4. The van der Waals surface area contributed by atoms with E-state index < -0.39 is 12.2 Å². The highest BCUT2D eigenvalue weighted by Crippen LogP contribution is 2.31. The third-order valence-electron chi connectivity index (χ3n) is 11.7. The number of fused-ring (bicyclic) bond motifs is 2. The second kappa shape index (κ2) is 14.6. The van der Waals surface area contributed by atoms with Crippen LogP contribution in [0.25, 0.3) is 10.9 Å². The Balaban J connectivity index is 0.879. The van der Waals surface area contributed by atoms with E-state index in [0.717, 1.165) is 79.1 Å². The molecule has 5 heterocycles. The van der Waals surface area contributed by atoms with Gasteiger partial charge in [0.15, 0.2) is 6.10 Å². The highest BCUT2D eigenvalue weighted by molar-refractivity contribution is 5.91. The number of hydrogen-bond acceptors (Lipinski definition) is 7. The third-order valence-corrected chi connectivity index (χ3v) is 11.7. The van der Waals surface area contributed by atoms with Crippen molar-refractivity contribution >= 4 is 34.6 Å². The number of likely N-dealkylation sites (tertiary alicyclic amines) is 2. The van der Waals surface area contributed by atoms with E-state index in [1.807, 2.05) is 46.2 Å². The molecule has 1 aromatic heterocycles. The molecule has 2 N–H and O–H groups in total. The van der Waals surface area contributed by atoms with Crippen molar-refractivity contribution in [3.05, 3.63) is 59.8 Å². The Labute approximate surface area is 294 Å². The van der Waals surface area contributed by atoms with Gasteiger partial charge in [0.2, 0.25) is 0 Å². The van der Waals surface area contributed by atoms with Crippen molar-refractivity contribution in [2.24, 2.45) is 5.92 Å². The fourth-order valence-corrected chi connectivity index (χ4v) is 8.44. The van der Waals surface area contributed by atoms with Crippen molar-refractivity contribution in [2.45, 2.75) is 69.6 Å². The van der Waals surface area contributed by atoms with E-state index in [2.05, 4.69) is 31.4 Å². The highest BCUT2D eigenvalue weighted by Gasteiger charge is 2.37. The Bertz CT molecular complexity index is 1670. The highest BCUT2D eigenvalue weighted by atomic mass is 16.6. The fraction of sp³-hybridized carbons (Fsp3) is 0.579. The summed E-state index contributed by atoms with van der Waals surface area (Å²) >= 11 is 0. The smallest absolute Gasteiger partial charge is 0.410 e. The van der Waals surface area contributed by atoms with Crippen molar-refractivity contribution in [1.82, 2.24) is 34.7 Å². The number of benzene rings is 2. The number of ether oxygens (including phenoxy) is 1. The molecule has 12 heteroatoms. The number of piperidine rings is 2.